The normalized spacial score (nSPS) is 24.8. The number of fused-ring (bicyclic) bond motifs is 1. The van der Waals surface area contributed by atoms with E-state index in [1.165, 1.54) is 19.9 Å². The lowest BCUT2D eigenvalue weighted by Crippen LogP contribution is -2.63. The molecule has 0 spiro atoms. The number of carbonyl (C=O) groups excluding carboxylic acids is 5. The topological polar surface area (TPSA) is 182 Å². The van der Waals surface area contributed by atoms with Gasteiger partial charge in [-0.25, -0.2) is 28.0 Å². The minimum atomic E-state index is -2.18. The van der Waals surface area contributed by atoms with Crippen molar-refractivity contribution in [2.75, 3.05) is 32.6 Å². The number of rotatable bonds is 12. The Bertz CT molecular complexity index is 1280. The van der Waals surface area contributed by atoms with Crippen molar-refractivity contribution in [3.63, 3.8) is 0 Å². The number of amides is 1. The molecule has 0 bridgehead atoms. The molecule has 14 nitrogen and oxygen atoms in total. The van der Waals surface area contributed by atoms with Crippen molar-refractivity contribution in [1.29, 1.82) is 0 Å². The maximum Gasteiger partial charge on any atom is 0.511 e. The van der Waals surface area contributed by atoms with Gasteiger partial charge in [-0.15, -0.1) is 11.8 Å². The molecule has 2 aliphatic carbocycles. The van der Waals surface area contributed by atoms with Crippen LogP contribution >= 0.6 is 11.8 Å². The van der Waals surface area contributed by atoms with E-state index in [2.05, 4.69) is 19.5 Å². The lowest BCUT2D eigenvalue weighted by molar-refractivity contribution is -0.167. The van der Waals surface area contributed by atoms with Crippen molar-refractivity contribution in [2.24, 2.45) is 23.7 Å². The monoisotopic (exact) mass is 663 g/mol. The summed E-state index contributed by atoms with van der Waals surface area (Å²) < 4.78 is 61.6. The van der Waals surface area contributed by atoms with Crippen LogP contribution in [-0.4, -0.2) is 85.2 Å². The maximum atomic E-state index is 13.9. The summed E-state index contributed by atoms with van der Waals surface area (Å²) >= 11 is 0.934. The Morgan fingerprint density at radius 1 is 0.911 bits per heavy atom. The largest absolute Gasteiger partial charge is 0.511 e. The van der Waals surface area contributed by atoms with Gasteiger partial charge in [0.1, 0.15) is 5.60 Å². The molecule has 0 radical (unpaired) electrons. The number of aliphatic hydroxyl groups excluding tert-OH is 1. The second-order valence-corrected chi connectivity index (χ2v) is 12.0. The van der Waals surface area contributed by atoms with E-state index < -0.39 is 96.5 Å². The third-order valence-electron chi connectivity index (χ3n) is 6.90. The van der Waals surface area contributed by atoms with Crippen LogP contribution in [0.1, 0.15) is 34.6 Å². The minimum Gasteiger partial charge on any atom is -0.444 e. The number of halogens is 2. The molecule has 1 aromatic rings. The van der Waals surface area contributed by atoms with Gasteiger partial charge < -0.3 is 43.6 Å². The first kappa shape index (κ1) is 35.6. The summed E-state index contributed by atoms with van der Waals surface area (Å²) in [5, 5.41) is 13.9. The highest BCUT2D eigenvalue weighted by Gasteiger charge is 2.80. The summed E-state index contributed by atoms with van der Waals surface area (Å²) in [7, 11) is 0. The molecule has 2 N–H and O–H groups in total. The van der Waals surface area contributed by atoms with Crippen LogP contribution in [-0.2, 0) is 42.7 Å². The fourth-order valence-corrected chi connectivity index (χ4v) is 6.39. The summed E-state index contributed by atoms with van der Waals surface area (Å²) in [5.74, 6) is -9.04. The fraction of sp³-hybridized carbons (Fsp3) is 0.607. The number of hydrogen-bond acceptors (Lipinski definition) is 14. The van der Waals surface area contributed by atoms with Crippen LogP contribution in [0.5, 0.6) is 0 Å². The van der Waals surface area contributed by atoms with E-state index in [1.54, 1.807) is 20.8 Å². The summed E-state index contributed by atoms with van der Waals surface area (Å²) in [6.45, 7) is 5.95. The Kier molecular flexibility index (Phi) is 11.8. The SMILES string of the molecule is CCOC(=O)OCOC(=O)[C@H]1[C@@H]2[C@H](O)[C@@H](CSc3ccc(F)c(F)c3)[C@@](NC(=O)OC(C)(C)C)(C(=O)OCOC(=O)OCC)[C@H]12. The molecule has 2 aliphatic rings. The molecule has 6 atom stereocenters. The van der Waals surface area contributed by atoms with Crippen LogP contribution in [0.3, 0.4) is 0 Å². The zero-order valence-electron chi connectivity index (χ0n) is 25.2. The number of benzene rings is 1. The molecule has 250 valence electrons. The van der Waals surface area contributed by atoms with Crippen molar-refractivity contribution >= 4 is 42.1 Å². The molecule has 1 amide bonds. The van der Waals surface area contributed by atoms with Crippen LogP contribution in [0, 0.1) is 35.3 Å². The predicted octanol–water partition coefficient (Wildman–Crippen LogP) is 3.52. The first-order valence-corrected chi connectivity index (χ1v) is 14.8. The molecule has 0 aromatic heterocycles. The van der Waals surface area contributed by atoms with Gasteiger partial charge in [-0.1, -0.05) is 0 Å². The van der Waals surface area contributed by atoms with E-state index in [4.69, 9.17) is 18.9 Å². The van der Waals surface area contributed by atoms with Gasteiger partial charge in [-0.3, -0.25) is 4.79 Å². The van der Waals surface area contributed by atoms with Gasteiger partial charge in [0.25, 0.3) is 0 Å². The number of thioether (sulfide) groups is 1. The molecule has 2 saturated carbocycles. The number of aliphatic hydroxyl groups is 1. The Morgan fingerprint density at radius 3 is 2.07 bits per heavy atom. The number of hydrogen-bond donors (Lipinski definition) is 2. The van der Waals surface area contributed by atoms with Gasteiger partial charge in [0, 0.05) is 28.4 Å². The first-order chi connectivity index (χ1) is 21.2. The molecule has 2 fully saturated rings. The smallest absolute Gasteiger partial charge is 0.444 e. The van der Waals surface area contributed by atoms with Gasteiger partial charge in [0.15, 0.2) is 17.2 Å². The lowest BCUT2D eigenvalue weighted by atomic mass is 9.80. The average Bonchev–Trinajstić information content (AvgIpc) is 3.64. The number of esters is 2. The molecular formula is C28H35F2NO13S. The standard InChI is InChI=1S/C28H35F2NO13S/c1-6-38-25(36)42-12-40-22(33)19-18-20(19)28(31-24(35)44-27(3,4)5,23(34)41-13-43-26(37)39-7-2)15(21(18)32)11-45-14-8-9-16(29)17(30)10-14/h8-10,15,18-21,32H,6-7,11-13H2,1-5H3,(H,31,35)/t15-,18+,19+,20+,21-,28+/m1/s1. The van der Waals surface area contributed by atoms with E-state index in [1.807, 2.05) is 0 Å². The van der Waals surface area contributed by atoms with Crippen LogP contribution in [0.15, 0.2) is 23.1 Å². The third kappa shape index (κ3) is 8.65. The summed E-state index contributed by atoms with van der Waals surface area (Å²) in [4.78, 5) is 63.4. The highest BCUT2D eigenvalue weighted by molar-refractivity contribution is 7.99. The van der Waals surface area contributed by atoms with E-state index in [-0.39, 0.29) is 23.9 Å². The predicted molar refractivity (Wildman–Crippen MR) is 147 cm³/mol. The number of nitrogens with one attached hydrogen (secondary N) is 1. The summed E-state index contributed by atoms with van der Waals surface area (Å²) in [6, 6.07) is 3.10. The second kappa shape index (κ2) is 14.9. The van der Waals surface area contributed by atoms with Crippen molar-refractivity contribution < 1.29 is 71.0 Å². The summed E-state index contributed by atoms with van der Waals surface area (Å²) in [6.07, 6.45) is -4.80. The highest BCUT2D eigenvalue weighted by atomic mass is 32.2. The van der Waals surface area contributed by atoms with Crippen molar-refractivity contribution in [3.05, 3.63) is 29.8 Å². The second-order valence-electron chi connectivity index (χ2n) is 10.9. The Balaban J connectivity index is 1.94. The molecule has 45 heavy (non-hydrogen) atoms. The third-order valence-corrected chi connectivity index (χ3v) is 8.01. The average molecular weight is 664 g/mol. The van der Waals surface area contributed by atoms with E-state index in [0.29, 0.717) is 0 Å². The van der Waals surface area contributed by atoms with Crippen LogP contribution < -0.4 is 5.32 Å². The molecule has 0 unspecified atom stereocenters. The molecule has 17 heteroatoms. The van der Waals surface area contributed by atoms with Gasteiger partial charge in [0.2, 0.25) is 13.6 Å². The molecule has 0 heterocycles. The molecular weight excluding hydrogens is 628 g/mol. The van der Waals surface area contributed by atoms with Gasteiger partial charge in [-0.2, -0.15) is 0 Å². The van der Waals surface area contributed by atoms with Crippen LogP contribution in [0.4, 0.5) is 23.2 Å². The van der Waals surface area contributed by atoms with E-state index >= 15 is 0 Å². The number of ether oxygens (including phenoxy) is 7. The number of carbonyl (C=O) groups is 5. The van der Waals surface area contributed by atoms with Gasteiger partial charge in [0.05, 0.1) is 25.2 Å². The molecule has 0 aliphatic heterocycles. The highest BCUT2D eigenvalue weighted by Crippen LogP contribution is 2.65. The number of alkyl carbamates (subject to hydrolysis) is 1. The zero-order chi connectivity index (χ0) is 33.5. The lowest BCUT2D eigenvalue weighted by Gasteiger charge is -2.38. The zero-order valence-corrected chi connectivity index (χ0v) is 26.0. The van der Waals surface area contributed by atoms with Crippen LogP contribution in [0.2, 0.25) is 0 Å². The first-order valence-electron chi connectivity index (χ1n) is 13.9. The van der Waals surface area contributed by atoms with Gasteiger partial charge >= 0.3 is 30.3 Å². The Hall–Kier alpha value is -3.86. The Morgan fingerprint density at radius 2 is 1.51 bits per heavy atom. The van der Waals surface area contributed by atoms with Crippen molar-refractivity contribution in [2.45, 2.75) is 56.8 Å². The minimum absolute atomic E-state index is 0.0105. The van der Waals surface area contributed by atoms with Crippen LogP contribution in [0.25, 0.3) is 0 Å². The summed E-state index contributed by atoms with van der Waals surface area (Å²) in [5.41, 5.74) is -3.22. The van der Waals surface area contributed by atoms with E-state index in [0.717, 1.165) is 23.9 Å². The van der Waals surface area contributed by atoms with E-state index in [9.17, 15) is 37.9 Å². The van der Waals surface area contributed by atoms with Gasteiger partial charge in [-0.05, 0) is 52.8 Å². The van der Waals surface area contributed by atoms with Crippen molar-refractivity contribution in [3.8, 4) is 0 Å². The molecule has 0 saturated heterocycles. The fourth-order valence-electron chi connectivity index (χ4n) is 5.21. The molecule has 3 rings (SSSR count). The Labute approximate surface area is 261 Å². The van der Waals surface area contributed by atoms with Crippen molar-refractivity contribution in [1.82, 2.24) is 5.32 Å². The maximum absolute atomic E-state index is 13.9. The quantitative estimate of drug-likeness (QED) is 0.143. The molecule has 1 aromatic carbocycles.